The number of hydrogen-bond acceptors (Lipinski definition) is 4. The smallest absolute Gasteiger partial charge is 0.359 e. The molecule has 4 rings (SSSR count). The molecule has 0 aliphatic carbocycles. The van der Waals surface area contributed by atoms with Crippen molar-refractivity contribution in [3.05, 3.63) is 83.2 Å². The number of carbonyl (C=O) groups is 2. The van der Waals surface area contributed by atoms with E-state index in [0.717, 1.165) is 22.5 Å². The van der Waals surface area contributed by atoms with Gasteiger partial charge in [-0.25, -0.2) is 14.3 Å². The molecule has 0 unspecified atom stereocenters. The van der Waals surface area contributed by atoms with Crippen LogP contribution in [-0.4, -0.2) is 39.8 Å². The molecule has 1 aliphatic rings. The maximum absolute atomic E-state index is 12.7. The number of benzene rings is 2. The minimum atomic E-state index is -0.463. The van der Waals surface area contributed by atoms with E-state index in [4.69, 9.17) is 4.74 Å². The third-order valence-electron chi connectivity index (χ3n) is 5.10. The van der Waals surface area contributed by atoms with Gasteiger partial charge in [-0.1, -0.05) is 48.5 Å². The zero-order valence-corrected chi connectivity index (χ0v) is 16.9. The average Bonchev–Trinajstić information content (AvgIpc) is 3.18. The quantitative estimate of drug-likeness (QED) is 0.662. The number of nitrogens with zero attached hydrogens (tertiary/aromatic N) is 3. The predicted octanol–water partition coefficient (Wildman–Crippen LogP) is 3.32. The van der Waals surface area contributed by atoms with Crippen LogP contribution in [-0.2, 0) is 24.2 Å². The molecular formula is C23H24N4O3. The second-order valence-corrected chi connectivity index (χ2v) is 7.06. The van der Waals surface area contributed by atoms with E-state index in [1.54, 1.807) is 16.5 Å². The van der Waals surface area contributed by atoms with Gasteiger partial charge in [0, 0.05) is 25.1 Å². The highest BCUT2D eigenvalue weighted by molar-refractivity contribution is 5.89. The minimum absolute atomic E-state index is 0.160. The Kier molecular flexibility index (Phi) is 5.79. The summed E-state index contributed by atoms with van der Waals surface area (Å²) in [5, 5.41) is 7.51. The SMILES string of the molecule is CCOC(=O)c1nn(-c2ccccc2)c2c1CN(C(=O)NCc1ccccc1)CC2. The van der Waals surface area contributed by atoms with Crippen molar-refractivity contribution in [1.29, 1.82) is 0 Å². The standard InChI is InChI=1S/C23H24N4O3/c1-2-30-22(28)21-19-16-26(23(29)24-15-17-9-5-3-6-10-17)14-13-20(19)27(25-21)18-11-7-4-8-12-18/h3-12H,2,13-16H2,1H3,(H,24,29). The molecule has 1 aromatic heterocycles. The van der Waals surface area contributed by atoms with E-state index in [2.05, 4.69) is 10.4 Å². The molecule has 0 saturated carbocycles. The third kappa shape index (κ3) is 4.05. The van der Waals surface area contributed by atoms with Gasteiger partial charge in [0.1, 0.15) is 0 Å². The van der Waals surface area contributed by atoms with E-state index < -0.39 is 5.97 Å². The molecule has 3 aromatic rings. The Balaban J connectivity index is 1.57. The lowest BCUT2D eigenvalue weighted by Gasteiger charge is -2.28. The molecule has 0 saturated heterocycles. The first-order valence-electron chi connectivity index (χ1n) is 10.1. The van der Waals surface area contributed by atoms with E-state index in [-0.39, 0.29) is 18.3 Å². The number of para-hydroxylation sites is 1. The monoisotopic (exact) mass is 404 g/mol. The van der Waals surface area contributed by atoms with E-state index in [9.17, 15) is 9.59 Å². The number of nitrogens with one attached hydrogen (secondary N) is 1. The van der Waals surface area contributed by atoms with Gasteiger partial charge in [0.2, 0.25) is 0 Å². The van der Waals surface area contributed by atoms with Crippen LogP contribution >= 0.6 is 0 Å². The molecule has 30 heavy (non-hydrogen) atoms. The molecule has 7 nitrogen and oxygen atoms in total. The van der Waals surface area contributed by atoms with Gasteiger partial charge in [0.15, 0.2) is 5.69 Å². The number of rotatable bonds is 5. The van der Waals surface area contributed by atoms with Gasteiger partial charge in [-0.2, -0.15) is 5.10 Å². The number of amides is 2. The number of esters is 1. The van der Waals surface area contributed by atoms with Gasteiger partial charge in [0.05, 0.1) is 24.5 Å². The summed E-state index contributed by atoms with van der Waals surface area (Å²) in [6.45, 7) is 3.36. The van der Waals surface area contributed by atoms with Crippen molar-refractivity contribution in [2.24, 2.45) is 0 Å². The van der Waals surface area contributed by atoms with Crippen molar-refractivity contribution >= 4 is 12.0 Å². The van der Waals surface area contributed by atoms with Crippen LogP contribution in [0.3, 0.4) is 0 Å². The normalized spacial score (nSPS) is 12.9. The molecule has 7 heteroatoms. The van der Waals surface area contributed by atoms with Crippen molar-refractivity contribution < 1.29 is 14.3 Å². The zero-order valence-electron chi connectivity index (χ0n) is 16.9. The van der Waals surface area contributed by atoms with Crippen LogP contribution < -0.4 is 5.32 Å². The molecule has 1 N–H and O–H groups in total. The van der Waals surface area contributed by atoms with Crippen LogP contribution in [0.25, 0.3) is 5.69 Å². The van der Waals surface area contributed by atoms with E-state index in [1.807, 2.05) is 60.7 Å². The third-order valence-corrected chi connectivity index (χ3v) is 5.10. The lowest BCUT2D eigenvalue weighted by Crippen LogP contribution is -2.42. The molecule has 2 amide bonds. The lowest BCUT2D eigenvalue weighted by atomic mass is 10.0. The van der Waals surface area contributed by atoms with Crippen LogP contribution in [0.4, 0.5) is 4.79 Å². The Hall–Kier alpha value is -3.61. The summed E-state index contributed by atoms with van der Waals surface area (Å²) in [4.78, 5) is 27.0. The van der Waals surface area contributed by atoms with Gasteiger partial charge in [-0.3, -0.25) is 0 Å². The molecule has 0 spiro atoms. The van der Waals surface area contributed by atoms with Crippen molar-refractivity contribution in [3.8, 4) is 5.69 Å². The van der Waals surface area contributed by atoms with Crippen molar-refractivity contribution in [3.63, 3.8) is 0 Å². The number of hydrogen-bond donors (Lipinski definition) is 1. The van der Waals surface area contributed by atoms with Crippen LogP contribution in [0.2, 0.25) is 0 Å². The van der Waals surface area contributed by atoms with Crippen LogP contribution in [0, 0.1) is 0 Å². The molecule has 0 bridgehead atoms. The highest BCUT2D eigenvalue weighted by atomic mass is 16.5. The highest BCUT2D eigenvalue weighted by Crippen LogP contribution is 2.26. The number of urea groups is 1. The first-order chi connectivity index (χ1) is 14.7. The van der Waals surface area contributed by atoms with Gasteiger partial charge in [-0.05, 0) is 24.6 Å². The van der Waals surface area contributed by atoms with Gasteiger partial charge in [-0.15, -0.1) is 0 Å². The maximum atomic E-state index is 12.7. The summed E-state index contributed by atoms with van der Waals surface area (Å²) in [5.74, 6) is -0.463. The molecule has 2 aromatic carbocycles. The molecule has 0 atom stereocenters. The number of aromatic nitrogens is 2. The van der Waals surface area contributed by atoms with Gasteiger partial charge in [0.25, 0.3) is 0 Å². The second kappa shape index (κ2) is 8.82. The minimum Gasteiger partial charge on any atom is -0.461 e. The number of fused-ring (bicyclic) bond motifs is 1. The molecule has 2 heterocycles. The molecule has 1 aliphatic heterocycles. The van der Waals surface area contributed by atoms with Gasteiger partial charge < -0.3 is 15.0 Å². The average molecular weight is 404 g/mol. The van der Waals surface area contributed by atoms with Crippen LogP contribution in [0.1, 0.15) is 34.2 Å². The molecular weight excluding hydrogens is 380 g/mol. The lowest BCUT2D eigenvalue weighted by molar-refractivity contribution is 0.0516. The van der Waals surface area contributed by atoms with E-state index in [1.165, 1.54) is 0 Å². The Morgan fingerprint density at radius 2 is 1.77 bits per heavy atom. The fourth-order valence-corrected chi connectivity index (χ4v) is 3.62. The zero-order chi connectivity index (χ0) is 20.9. The summed E-state index contributed by atoms with van der Waals surface area (Å²) in [6.07, 6.45) is 0.607. The molecule has 0 fully saturated rings. The highest BCUT2D eigenvalue weighted by Gasteiger charge is 2.31. The Morgan fingerprint density at radius 1 is 1.07 bits per heavy atom. The first-order valence-corrected chi connectivity index (χ1v) is 10.1. The number of ether oxygens (including phenoxy) is 1. The summed E-state index contributed by atoms with van der Waals surface area (Å²) in [5.41, 5.74) is 3.88. The van der Waals surface area contributed by atoms with Gasteiger partial charge >= 0.3 is 12.0 Å². The van der Waals surface area contributed by atoms with Crippen LogP contribution in [0.15, 0.2) is 60.7 Å². The topological polar surface area (TPSA) is 76.5 Å². The summed E-state index contributed by atoms with van der Waals surface area (Å²) < 4.78 is 7.00. The second-order valence-electron chi connectivity index (χ2n) is 7.06. The van der Waals surface area contributed by atoms with E-state index in [0.29, 0.717) is 26.1 Å². The number of carbonyl (C=O) groups excluding carboxylic acids is 2. The Labute approximate surface area is 175 Å². The molecule has 154 valence electrons. The van der Waals surface area contributed by atoms with Crippen molar-refractivity contribution in [1.82, 2.24) is 20.0 Å². The molecule has 0 radical (unpaired) electrons. The maximum Gasteiger partial charge on any atom is 0.359 e. The van der Waals surface area contributed by atoms with E-state index >= 15 is 0 Å². The fraction of sp³-hybridized carbons (Fsp3) is 0.261. The first kappa shape index (κ1) is 19.7. The Morgan fingerprint density at radius 3 is 2.47 bits per heavy atom. The summed E-state index contributed by atoms with van der Waals surface area (Å²) >= 11 is 0. The van der Waals surface area contributed by atoms with Crippen molar-refractivity contribution in [2.75, 3.05) is 13.2 Å². The van der Waals surface area contributed by atoms with Crippen molar-refractivity contribution in [2.45, 2.75) is 26.4 Å². The summed E-state index contributed by atoms with van der Waals surface area (Å²) in [7, 11) is 0. The van der Waals surface area contributed by atoms with Crippen LogP contribution in [0.5, 0.6) is 0 Å². The Bertz CT molecular complexity index is 1030. The fourth-order valence-electron chi connectivity index (χ4n) is 3.62. The summed E-state index contributed by atoms with van der Waals surface area (Å²) in [6, 6.07) is 19.3. The predicted molar refractivity (Wildman–Crippen MR) is 112 cm³/mol. The largest absolute Gasteiger partial charge is 0.461 e.